The highest BCUT2D eigenvalue weighted by atomic mass is 32.2. The summed E-state index contributed by atoms with van der Waals surface area (Å²) in [4.78, 5) is 38.1. The SMILES string of the molecule is CSC(=O)Cc1ccc2cc(OC(=O)N(C)C)c(OC(=O)N(C)C)cc2c1. The number of carbonyl (C=O) groups excluding carboxylic acids is 3. The third-order valence-corrected chi connectivity index (χ3v) is 4.27. The molecule has 0 aliphatic heterocycles. The van der Waals surface area contributed by atoms with Crippen LogP contribution in [0.4, 0.5) is 9.59 Å². The molecule has 0 aliphatic carbocycles. The van der Waals surface area contributed by atoms with Crippen LogP contribution in [0.15, 0.2) is 30.3 Å². The first kappa shape index (κ1) is 20.6. The van der Waals surface area contributed by atoms with Gasteiger partial charge < -0.3 is 19.3 Å². The van der Waals surface area contributed by atoms with Gasteiger partial charge in [0, 0.05) is 34.6 Å². The lowest BCUT2D eigenvalue weighted by atomic mass is 10.0. The highest BCUT2D eigenvalue weighted by Crippen LogP contribution is 2.34. The van der Waals surface area contributed by atoms with E-state index in [4.69, 9.17) is 9.47 Å². The van der Waals surface area contributed by atoms with E-state index in [1.54, 1.807) is 46.6 Å². The maximum absolute atomic E-state index is 12.0. The monoisotopic (exact) mass is 390 g/mol. The van der Waals surface area contributed by atoms with Crippen molar-refractivity contribution in [2.45, 2.75) is 6.42 Å². The number of hydrogen-bond acceptors (Lipinski definition) is 6. The molecule has 2 amide bonds. The molecular weight excluding hydrogens is 368 g/mol. The molecule has 144 valence electrons. The van der Waals surface area contributed by atoms with Crippen LogP contribution in [-0.2, 0) is 11.2 Å². The molecule has 0 aliphatic rings. The van der Waals surface area contributed by atoms with Gasteiger partial charge in [-0.1, -0.05) is 30.0 Å². The number of nitrogens with zero attached hydrogens (tertiary/aromatic N) is 2. The number of carbonyl (C=O) groups is 3. The van der Waals surface area contributed by atoms with Crippen molar-refractivity contribution in [3.8, 4) is 11.5 Å². The van der Waals surface area contributed by atoms with Crippen molar-refractivity contribution >= 4 is 39.8 Å². The van der Waals surface area contributed by atoms with Crippen LogP contribution in [0.5, 0.6) is 11.5 Å². The number of rotatable bonds is 4. The summed E-state index contributed by atoms with van der Waals surface area (Å²) in [7, 11) is 6.23. The number of benzene rings is 2. The zero-order chi connectivity index (χ0) is 20.1. The minimum atomic E-state index is -0.592. The Hall–Kier alpha value is -2.74. The Kier molecular flexibility index (Phi) is 6.68. The largest absolute Gasteiger partial charge is 0.414 e. The number of amides is 2. The fraction of sp³-hybridized carbons (Fsp3) is 0.316. The van der Waals surface area contributed by atoms with Crippen LogP contribution in [0.2, 0.25) is 0 Å². The van der Waals surface area contributed by atoms with Crippen LogP contribution in [0.25, 0.3) is 10.8 Å². The van der Waals surface area contributed by atoms with Crippen LogP contribution in [0, 0.1) is 0 Å². The first-order chi connectivity index (χ1) is 12.7. The molecule has 7 nitrogen and oxygen atoms in total. The van der Waals surface area contributed by atoms with Gasteiger partial charge in [0.15, 0.2) is 16.6 Å². The topological polar surface area (TPSA) is 76.1 Å². The van der Waals surface area contributed by atoms with Crippen molar-refractivity contribution in [1.29, 1.82) is 0 Å². The second kappa shape index (κ2) is 8.77. The summed E-state index contributed by atoms with van der Waals surface area (Å²) >= 11 is 1.18. The Morgan fingerprint density at radius 1 is 0.852 bits per heavy atom. The lowest BCUT2D eigenvalue weighted by Gasteiger charge is -2.16. The molecule has 0 radical (unpaired) electrons. The molecule has 0 bridgehead atoms. The molecule has 2 aromatic rings. The van der Waals surface area contributed by atoms with Crippen LogP contribution >= 0.6 is 11.8 Å². The van der Waals surface area contributed by atoms with E-state index in [2.05, 4.69) is 0 Å². The Labute approximate surface area is 162 Å². The van der Waals surface area contributed by atoms with Crippen molar-refractivity contribution in [3.05, 3.63) is 35.9 Å². The van der Waals surface area contributed by atoms with Gasteiger partial charge in [0.05, 0.1) is 0 Å². The van der Waals surface area contributed by atoms with Crippen molar-refractivity contribution in [1.82, 2.24) is 9.80 Å². The van der Waals surface area contributed by atoms with E-state index in [0.29, 0.717) is 6.42 Å². The lowest BCUT2D eigenvalue weighted by Crippen LogP contribution is -2.27. The summed E-state index contributed by atoms with van der Waals surface area (Å²) in [5.74, 6) is 0.272. The van der Waals surface area contributed by atoms with Gasteiger partial charge in [-0.2, -0.15) is 0 Å². The fourth-order valence-electron chi connectivity index (χ4n) is 2.18. The standard InChI is InChI=1S/C19H22N2O5S/c1-20(2)18(23)25-15-10-13-7-6-12(9-17(22)27-5)8-14(13)11-16(15)26-19(24)21(3)4/h6-8,10-11H,9H2,1-5H3. The quantitative estimate of drug-likeness (QED) is 0.796. The highest BCUT2D eigenvalue weighted by Gasteiger charge is 2.17. The molecule has 27 heavy (non-hydrogen) atoms. The average Bonchev–Trinajstić information content (AvgIpc) is 2.61. The van der Waals surface area contributed by atoms with Crippen molar-refractivity contribution in [2.24, 2.45) is 0 Å². The van der Waals surface area contributed by atoms with Gasteiger partial charge >= 0.3 is 12.2 Å². The molecular formula is C19H22N2O5S. The lowest BCUT2D eigenvalue weighted by molar-refractivity contribution is -0.110. The maximum Gasteiger partial charge on any atom is 0.414 e. The molecule has 2 rings (SSSR count). The van der Waals surface area contributed by atoms with Crippen LogP contribution in [-0.4, -0.2) is 61.5 Å². The first-order valence-electron chi connectivity index (χ1n) is 8.13. The van der Waals surface area contributed by atoms with Crippen molar-refractivity contribution in [3.63, 3.8) is 0 Å². The Balaban J connectivity index is 2.47. The highest BCUT2D eigenvalue weighted by molar-refractivity contribution is 8.13. The normalized spacial score (nSPS) is 10.4. The maximum atomic E-state index is 12.0. The zero-order valence-electron chi connectivity index (χ0n) is 15.9. The van der Waals surface area contributed by atoms with E-state index in [1.165, 1.54) is 21.6 Å². The number of fused-ring (bicyclic) bond motifs is 1. The smallest absolute Gasteiger partial charge is 0.406 e. The Morgan fingerprint density at radius 3 is 1.85 bits per heavy atom. The second-order valence-electron chi connectivity index (χ2n) is 6.26. The third-order valence-electron chi connectivity index (χ3n) is 3.67. The molecule has 0 N–H and O–H groups in total. The van der Waals surface area contributed by atoms with Crippen LogP contribution < -0.4 is 9.47 Å². The molecule has 0 atom stereocenters. The number of thioether (sulfide) groups is 1. The summed E-state index contributed by atoms with van der Waals surface area (Å²) in [5.41, 5.74) is 0.852. The summed E-state index contributed by atoms with van der Waals surface area (Å²) in [5, 5.41) is 1.62. The third kappa shape index (κ3) is 5.37. The first-order valence-corrected chi connectivity index (χ1v) is 9.35. The van der Waals surface area contributed by atoms with Gasteiger partial charge in [-0.15, -0.1) is 0 Å². The van der Waals surface area contributed by atoms with Crippen molar-refractivity contribution in [2.75, 3.05) is 34.4 Å². The summed E-state index contributed by atoms with van der Waals surface area (Å²) in [6, 6.07) is 8.80. The molecule has 0 fully saturated rings. The molecule has 0 aromatic heterocycles. The predicted octanol–water partition coefficient (Wildman–Crippen LogP) is 3.39. The van der Waals surface area contributed by atoms with Crippen LogP contribution in [0.3, 0.4) is 0 Å². The second-order valence-corrected chi connectivity index (χ2v) is 7.12. The Bertz CT molecular complexity index is 880. The van der Waals surface area contributed by atoms with Gasteiger partial charge in [-0.3, -0.25) is 4.79 Å². The van der Waals surface area contributed by atoms with E-state index in [-0.39, 0.29) is 16.6 Å². The molecule has 8 heteroatoms. The van der Waals surface area contributed by atoms with Gasteiger partial charge in [-0.05, 0) is 34.7 Å². The van der Waals surface area contributed by atoms with Gasteiger partial charge in [0.2, 0.25) is 0 Å². The van der Waals surface area contributed by atoms with E-state index in [1.807, 2.05) is 18.2 Å². The molecule has 0 spiro atoms. The number of ether oxygens (including phenoxy) is 2. The van der Waals surface area contributed by atoms with Gasteiger partial charge in [0.1, 0.15) is 0 Å². The molecule has 0 unspecified atom stereocenters. The summed E-state index contributed by atoms with van der Waals surface area (Å²) < 4.78 is 10.7. The number of hydrogen-bond donors (Lipinski definition) is 0. The van der Waals surface area contributed by atoms with Gasteiger partial charge in [0.25, 0.3) is 0 Å². The fourth-order valence-corrected chi connectivity index (χ4v) is 2.50. The molecule has 2 aromatic carbocycles. The summed E-state index contributed by atoms with van der Waals surface area (Å²) in [6.45, 7) is 0. The minimum Gasteiger partial charge on any atom is -0.406 e. The Morgan fingerprint density at radius 2 is 1.37 bits per heavy atom. The summed E-state index contributed by atoms with van der Waals surface area (Å²) in [6.07, 6.45) is 0.874. The molecule has 0 saturated heterocycles. The predicted molar refractivity (Wildman–Crippen MR) is 106 cm³/mol. The van der Waals surface area contributed by atoms with Gasteiger partial charge in [-0.25, -0.2) is 9.59 Å². The van der Waals surface area contributed by atoms with E-state index < -0.39 is 12.2 Å². The zero-order valence-corrected chi connectivity index (χ0v) is 16.8. The van der Waals surface area contributed by atoms with Crippen LogP contribution in [0.1, 0.15) is 5.56 Å². The van der Waals surface area contributed by atoms with E-state index >= 15 is 0 Å². The van der Waals surface area contributed by atoms with E-state index in [9.17, 15) is 14.4 Å². The molecule has 0 heterocycles. The molecule has 0 saturated carbocycles. The van der Waals surface area contributed by atoms with Crippen molar-refractivity contribution < 1.29 is 23.9 Å². The minimum absolute atomic E-state index is 0.0603. The average molecular weight is 390 g/mol. The van der Waals surface area contributed by atoms with E-state index in [0.717, 1.165) is 16.3 Å².